The van der Waals surface area contributed by atoms with E-state index in [4.69, 9.17) is 15.7 Å². The molecule has 0 bridgehead atoms. The predicted molar refractivity (Wildman–Crippen MR) is 69.7 cm³/mol. The number of nitriles is 1. The molecule has 0 spiro atoms. The van der Waals surface area contributed by atoms with Crippen LogP contribution in [0.3, 0.4) is 0 Å². The fraction of sp³-hybridized carbons (Fsp3) is 0.133. The number of nitrogens with two attached hydrogens (primary N) is 1. The van der Waals surface area contributed by atoms with Crippen LogP contribution in [-0.4, -0.2) is 0 Å². The summed E-state index contributed by atoms with van der Waals surface area (Å²) in [6, 6.07) is 10.0. The lowest BCUT2D eigenvalue weighted by molar-refractivity contribution is 0.298. The van der Waals surface area contributed by atoms with Crippen LogP contribution < -0.4 is 10.5 Å². The van der Waals surface area contributed by atoms with Gasteiger partial charge in [-0.3, -0.25) is 0 Å². The van der Waals surface area contributed by atoms with Crippen molar-refractivity contribution in [3.8, 4) is 11.8 Å². The highest BCUT2D eigenvalue weighted by molar-refractivity contribution is 5.34. The van der Waals surface area contributed by atoms with Crippen molar-refractivity contribution in [2.75, 3.05) is 0 Å². The van der Waals surface area contributed by atoms with Crippen LogP contribution in [0.1, 0.15) is 16.7 Å². The highest BCUT2D eigenvalue weighted by atomic mass is 19.1. The van der Waals surface area contributed by atoms with Crippen LogP contribution in [-0.2, 0) is 13.2 Å². The number of benzene rings is 2. The molecule has 0 radical (unpaired) electrons. The Hall–Kier alpha value is -2.45. The predicted octanol–water partition coefficient (Wildman–Crippen LogP) is 2.87. The first-order chi connectivity index (χ1) is 9.62. The lowest BCUT2D eigenvalue weighted by atomic mass is 10.1. The van der Waals surface area contributed by atoms with Crippen LogP contribution in [0.5, 0.6) is 5.75 Å². The Bertz CT molecular complexity index is 665. The van der Waals surface area contributed by atoms with E-state index in [0.717, 1.165) is 0 Å². The van der Waals surface area contributed by atoms with Gasteiger partial charge in [0, 0.05) is 18.2 Å². The van der Waals surface area contributed by atoms with Crippen LogP contribution in [0.2, 0.25) is 0 Å². The third-order valence-corrected chi connectivity index (χ3v) is 2.74. The van der Waals surface area contributed by atoms with Crippen molar-refractivity contribution in [2.45, 2.75) is 13.2 Å². The first-order valence-electron chi connectivity index (χ1n) is 5.93. The number of rotatable bonds is 4. The van der Waals surface area contributed by atoms with Gasteiger partial charge in [-0.1, -0.05) is 0 Å². The number of hydrogen-bond donors (Lipinski definition) is 1. The Kier molecular flexibility index (Phi) is 4.28. The molecule has 5 heteroatoms. The second-order valence-corrected chi connectivity index (χ2v) is 4.21. The minimum atomic E-state index is -0.473. The summed E-state index contributed by atoms with van der Waals surface area (Å²) in [7, 11) is 0. The van der Waals surface area contributed by atoms with Gasteiger partial charge in [0.2, 0.25) is 0 Å². The van der Waals surface area contributed by atoms with Gasteiger partial charge in [0.05, 0.1) is 11.6 Å². The van der Waals surface area contributed by atoms with Gasteiger partial charge < -0.3 is 10.5 Å². The standard InChI is InChI=1S/C15H12F2N2O/c16-13-4-11(8-19)5-14(6-13)20-9-12-3-10(7-18)1-2-15(12)17/h1-6H,8-9,19H2. The zero-order valence-corrected chi connectivity index (χ0v) is 10.6. The van der Waals surface area contributed by atoms with E-state index in [2.05, 4.69) is 0 Å². The quantitative estimate of drug-likeness (QED) is 0.932. The van der Waals surface area contributed by atoms with E-state index in [1.165, 1.54) is 30.3 Å². The molecule has 0 aliphatic carbocycles. The molecule has 0 saturated carbocycles. The van der Waals surface area contributed by atoms with Crippen LogP contribution in [0.15, 0.2) is 36.4 Å². The van der Waals surface area contributed by atoms with Crippen molar-refractivity contribution in [1.82, 2.24) is 0 Å². The maximum Gasteiger partial charge on any atom is 0.129 e. The first kappa shape index (κ1) is 14.0. The maximum atomic E-state index is 13.5. The molecule has 0 atom stereocenters. The Morgan fingerprint density at radius 1 is 1.15 bits per heavy atom. The molecule has 0 saturated heterocycles. The Morgan fingerprint density at radius 3 is 2.65 bits per heavy atom. The molecular formula is C15H12F2N2O. The van der Waals surface area contributed by atoms with E-state index in [-0.39, 0.29) is 24.5 Å². The summed E-state index contributed by atoms with van der Waals surface area (Å²) in [5.41, 5.74) is 6.61. The molecule has 0 fully saturated rings. The summed E-state index contributed by atoms with van der Waals surface area (Å²) < 4.78 is 32.2. The lowest BCUT2D eigenvalue weighted by Crippen LogP contribution is -2.02. The molecule has 3 nitrogen and oxygen atoms in total. The normalized spacial score (nSPS) is 10.1. The average Bonchev–Trinajstić information content (AvgIpc) is 2.45. The average molecular weight is 274 g/mol. The monoisotopic (exact) mass is 274 g/mol. The van der Waals surface area contributed by atoms with Crippen LogP contribution in [0, 0.1) is 23.0 Å². The largest absolute Gasteiger partial charge is 0.489 e. The summed E-state index contributed by atoms with van der Waals surface area (Å²) in [4.78, 5) is 0. The molecule has 0 heterocycles. The van der Waals surface area contributed by atoms with E-state index >= 15 is 0 Å². The molecule has 2 aromatic carbocycles. The van der Waals surface area contributed by atoms with Crippen LogP contribution in [0.25, 0.3) is 0 Å². The summed E-state index contributed by atoms with van der Waals surface area (Å²) in [5, 5.41) is 8.77. The third-order valence-electron chi connectivity index (χ3n) is 2.74. The fourth-order valence-corrected chi connectivity index (χ4v) is 1.74. The molecule has 20 heavy (non-hydrogen) atoms. The van der Waals surface area contributed by atoms with Crippen molar-refractivity contribution < 1.29 is 13.5 Å². The molecule has 2 rings (SSSR count). The SMILES string of the molecule is N#Cc1ccc(F)c(COc2cc(F)cc(CN)c2)c1. The Labute approximate surface area is 115 Å². The topological polar surface area (TPSA) is 59.0 Å². The molecule has 0 aliphatic rings. The highest BCUT2D eigenvalue weighted by Gasteiger charge is 2.06. The molecule has 2 aromatic rings. The molecular weight excluding hydrogens is 262 g/mol. The molecule has 0 unspecified atom stereocenters. The molecule has 0 aliphatic heterocycles. The highest BCUT2D eigenvalue weighted by Crippen LogP contribution is 2.19. The Balaban J connectivity index is 2.16. The number of hydrogen-bond acceptors (Lipinski definition) is 3. The van der Waals surface area contributed by atoms with E-state index in [1.54, 1.807) is 6.07 Å². The zero-order valence-electron chi connectivity index (χ0n) is 10.6. The van der Waals surface area contributed by atoms with E-state index < -0.39 is 11.6 Å². The molecule has 0 amide bonds. The van der Waals surface area contributed by atoms with Crippen molar-refractivity contribution in [2.24, 2.45) is 5.73 Å². The fourth-order valence-electron chi connectivity index (χ4n) is 1.74. The van der Waals surface area contributed by atoms with Gasteiger partial charge in [-0.2, -0.15) is 5.26 Å². The van der Waals surface area contributed by atoms with Gasteiger partial charge in [-0.05, 0) is 35.9 Å². The minimum Gasteiger partial charge on any atom is -0.489 e. The lowest BCUT2D eigenvalue weighted by Gasteiger charge is -2.09. The minimum absolute atomic E-state index is 0.0885. The Morgan fingerprint density at radius 2 is 1.95 bits per heavy atom. The van der Waals surface area contributed by atoms with Crippen LogP contribution in [0.4, 0.5) is 8.78 Å². The third kappa shape index (κ3) is 3.31. The van der Waals surface area contributed by atoms with E-state index in [0.29, 0.717) is 11.1 Å². The van der Waals surface area contributed by atoms with Crippen molar-refractivity contribution in [1.29, 1.82) is 5.26 Å². The molecule has 2 N–H and O–H groups in total. The smallest absolute Gasteiger partial charge is 0.129 e. The number of nitrogens with zero attached hydrogens (tertiary/aromatic N) is 1. The van der Waals surface area contributed by atoms with Crippen molar-refractivity contribution in [3.63, 3.8) is 0 Å². The van der Waals surface area contributed by atoms with Gasteiger partial charge in [-0.25, -0.2) is 8.78 Å². The molecule has 102 valence electrons. The van der Waals surface area contributed by atoms with Gasteiger partial charge in [-0.15, -0.1) is 0 Å². The second-order valence-electron chi connectivity index (χ2n) is 4.21. The summed E-state index contributed by atoms with van der Waals surface area (Å²) in [6.45, 7) is 0.0984. The van der Waals surface area contributed by atoms with Gasteiger partial charge in [0.15, 0.2) is 0 Å². The van der Waals surface area contributed by atoms with Crippen molar-refractivity contribution >= 4 is 0 Å². The maximum absolute atomic E-state index is 13.5. The van der Waals surface area contributed by atoms with E-state index in [1.807, 2.05) is 6.07 Å². The van der Waals surface area contributed by atoms with Crippen LogP contribution >= 0.6 is 0 Å². The zero-order chi connectivity index (χ0) is 14.5. The first-order valence-corrected chi connectivity index (χ1v) is 5.93. The van der Waals surface area contributed by atoms with Crippen molar-refractivity contribution in [3.05, 3.63) is 64.7 Å². The summed E-state index contributed by atoms with van der Waals surface area (Å²) in [6.07, 6.45) is 0. The van der Waals surface area contributed by atoms with Gasteiger partial charge >= 0.3 is 0 Å². The van der Waals surface area contributed by atoms with Gasteiger partial charge in [0.1, 0.15) is 24.0 Å². The second kappa shape index (κ2) is 6.13. The number of halogens is 2. The summed E-state index contributed by atoms with van der Waals surface area (Å²) in [5.74, 6) is -0.666. The van der Waals surface area contributed by atoms with E-state index in [9.17, 15) is 8.78 Å². The molecule has 0 aromatic heterocycles. The van der Waals surface area contributed by atoms with Gasteiger partial charge in [0.25, 0.3) is 0 Å². The number of ether oxygens (including phenoxy) is 1. The summed E-state index contributed by atoms with van der Waals surface area (Å²) >= 11 is 0.